The summed E-state index contributed by atoms with van der Waals surface area (Å²) >= 11 is 1.69. The van der Waals surface area contributed by atoms with Gasteiger partial charge in [-0.15, -0.1) is 11.8 Å². The molecule has 2 unspecified atom stereocenters. The van der Waals surface area contributed by atoms with E-state index in [1.165, 1.54) is 12.8 Å². The Bertz CT molecular complexity index is 222. The summed E-state index contributed by atoms with van der Waals surface area (Å²) in [4.78, 5) is 11.7. The number of thioether (sulfide) groups is 1. The third kappa shape index (κ3) is 10.9. The largest absolute Gasteiger partial charge is 0.353 e. The highest BCUT2D eigenvalue weighted by molar-refractivity contribution is 8.00. The Kier molecular flexibility index (Phi) is 10.5. The van der Waals surface area contributed by atoms with E-state index in [-0.39, 0.29) is 5.91 Å². The number of carbonyl (C=O) groups excluding carboxylic acids is 1. The van der Waals surface area contributed by atoms with Gasteiger partial charge in [0, 0.05) is 11.3 Å². The summed E-state index contributed by atoms with van der Waals surface area (Å²) in [6.45, 7) is 9.38. The van der Waals surface area contributed by atoms with Gasteiger partial charge in [0.1, 0.15) is 0 Å². The van der Waals surface area contributed by atoms with Gasteiger partial charge in [0.15, 0.2) is 0 Å². The maximum absolute atomic E-state index is 11.7. The smallest absolute Gasteiger partial charge is 0.230 e. The first-order chi connectivity index (χ1) is 8.45. The van der Waals surface area contributed by atoms with Crippen molar-refractivity contribution in [3.05, 3.63) is 0 Å². The van der Waals surface area contributed by atoms with Gasteiger partial charge in [-0.3, -0.25) is 4.79 Å². The first-order valence-corrected chi connectivity index (χ1v) is 8.11. The van der Waals surface area contributed by atoms with E-state index in [9.17, 15) is 4.79 Å². The molecule has 0 heterocycles. The highest BCUT2D eigenvalue weighted by atomic mass is 32.2. The number of nitrogens with two attached hydrogens (primary N) is 1. The third-order valence-corrected chi connectivity index (χ3v) is 4.13. The van der Waals surface area contributed by atoms with Crippen LogP contribution in [-0.4, -0.2) is 29.5 Å². The van der Waals surface area contributed by atoms with Crippen molar-refractivity contribution in [2.24, 2.45) is 11.7 Å². The molecule has 0 spiro atoms. The van der Waals surface area contributed by atoms with Gasteiger partial charge < -0.3 is 11.1 Å². The van der Waals surface area contributed by atoms with Gasteiger partial charge in [0.25, 0.3) is 0 Å². The molecular formula is C14H30N2OS. The topological polar surface area (TPSA) is 55.1 Å². The minimum Gasteiger partial charge on any atom is -0.353 e. The summed E-state index contributed by atoms with van der Waals surface area (Å²) in [5.41, 5.74) is 5.48. The molecule has 0 aliphatic heterocycles. The van der Waals surface area contributed by atoms with Gasteiger partial charge in [0.2, 0.25) is 5.91 Å². The summed E-state index contributed by atoms with van der Waals surface area (Å²) in [5, 5.41) is 3.53. The van der Waals surface area contributed by atoms with Crippen LogP contribution in [0.1, 0.15) is 53.4 Å². The van der Waals surface area contributed by atoms with Crippen LogP contribution in [0.3, 0.4) is 0 Å². The van der Waals surface area contributed by atoms with Crippen LogP contribution in [0.4, 0.5) is 0 Å². The molecule has 0 saturated heterocycles. The average molecular weight is 274 g/mol. The minimum atomic E-state index is 0.154. The molecule has 0 aliphatic carbocycles. The fraction of sp³-hybridized carbons (Fsp3) is 0.929. The SMILES string of the molecule is CC(C)CCCC(C)NC(=O)CSC(C)CCN. The van der Waals surface area contributed by atoms with Crippen LogP contribution in [0.15, 0.2) is 0 Å². The summed E-state index contributed by atoms with van der Waals surface area (Å²) in [6.07, 6.45) is 4.48. The fourth-order valence-electron chi connectivity index (χ4n) is 1.76. The molecule has 0 rings (SSSR count). The maximum atomic E-state index is 11.7. The lowest BCUT2D eigenvalue weighted by molar-refractivity contribution is -0.119. The normalized spacial score (nSPS) is 14.6. The Balaban J connectivity index is 3.60. The van der Waals surface area contributed by atoms with E-state index in [0.29, 0.717) is 23.6 Å². The Morgan fingerprint density at radius 3 is 2.39 bits per heavy atom. The number of carbonyl (C=O) groups is 1. The average Bonchev–Trinajstić information content (AvgIpc) is 2.26. The van der Waals surface area contributed by atoms with Gasteiger partial charge in [-0.1, -0.05) is 33.6 Å². The van der Waals surface area contributed by atoms with Gasteiger partial charge in [-0.05, 0) is 32.2 Å². The lowest BCUT2D eigenvalue weighted by atomic mass is 10.0. The molecule has 0 saturated carbocycles. The minimum absolute atomic E-state index is 0.154. The highest BCUT2D eigenvalue weighted by Gasteiger charge is 2.09. The molecule has 0 radical (unpaired) electrons. The van der Waals surface area contributed by atoms with Crippen molar-refractivity contribution in [2.45, 2.75) is 64.7 Å². The van der Waals surface area contributed by atoms with E-state index in [0.717, 1.165) is 18.8 Å². The number of rotatable bonds is 10. The van der Waals surface area contributed by atoms with Gasteiger partial charge >= 0.3 is 0 Å². The monoisotopic (exact) mass is 274 g/mol. The molecule has 3 N–H and O–H groups in total. The Labute approximate surface area is 117 Å². The molecule has 0 aromatic heterocycles. The van der Waals surface area contributed by atoms with Crippen molar-refractivity contribution in [2.75, 3.05) is 12.3 Å². The summed E-state index contributed by atoms with van der Waals surface area (Å²) in [7, 11) is 0. The van der Waals surface area contributed by atoms with E-state index >= 15 is 0 Å². The summed E-state index contributed by atoms with van der Waals surface area (Å²) < 4.78 is 0. The molecule has 3 nitrogen and oxygen atoms in total. The molecule has 4 heteroatoms. The van der Waals surface area contributed by atoms with Crippen LogP contribution in [0, 0.1) is 5.92 Å². The Hall–Kier alpha value is -0.220. The molecule has 108 valence electrons. The maximum Gasteiger partial charge on any atom is 0.230 e. The van der Waals surface area contributed by atoms with E-state index in [1.807, 2.05) is 0 Å². The second-order valence-electron chi connectivity index (χ2n) is 5.49. The molecule has 0 fully saturated rings. The van der Waals surface area contributed by atoms with Gasteiger partial charge in [-0.2, -0.15) is 0 Å². The lowest BCUT2D eigenvalue weighted by Crippen LogP contribution is -2.34. The van der Waals surface area contributed by atoms with E-state index < -0.39 is 0 Å². The van der Waals surface area contributed by atoms with Crippen molar-refractivity contribution < 1.29 is 4.79 Å². The molecular weight excluding hydrogens is 244 g/mol. The second kappa shape index (κ2) is 10.7. The van der Waals surface area contributed by atoms with Crippen LogP contribution >= 0.6 is 11.8 Å². The van der Waals surface area contributed by atoms with E-state index in [4.69, 9.17) is 5.73 Å². The molecule has 0 aliphatic rings. The molecule has 0 bridgehead atoms. The standard InChI is InChI=1S/C14H30N2OS/c1-11(2)6-5-7-12(3)16-14(17)10-18-13(4)8-9-15/h11-13H,5-10,15H2,1-4H3,(H,16,17). The first kappa shape index (κ1) is 17.8. The van der Waals surface area contributed by atoms with Crippen LogP contribution in [0.2, 0.25) is 0 Å². The van der Waals surface area contributed by atoms with Crippen LogP contribution in [-0.2, 0) is 4.79 Å². The van der Waals surface area contributed by atoms with Crippen molar-refractivity contribution in [3.8, 4) is 0 Å². The molecule has 0 aromatic rings. The summed E-state index contributed by atoms with van der Waals surface area (Å²) in [5.74, 6) is 1.46. The van der Waals surface area contributed by atoms with Crippen LogP contribution in [0.25, 0.3) is 0 Å². The quantitative estimate of drug-likeness (QED) is 0.644. The number of amides is 1. The predicted octanol–water partition coefficient (Wildman–Crippen LogP) is 2.79. The first-order valence-electron chi connectivity index (χ1n) is 7.06. The molecule has 1 amide bonds. The van der Waals surface area contributed by atoms with Crippen LogP contribution in [0.5, 0.6) is 0 Å². The van der Waals surface area contributed by atoms with E-state index in [2.05, 4.69) is 33.0 Å². The van der Waals surface area contributed by atoms with Gasteiger partial charge in [-0.25, -0.2) is 0 Å². The Morgan fingerprint density at radius 2 is 1.83 bits per heavy atom. The Morgan fingerprint density at radius 1 is 1.17 bits per heavy atom. The van der Waals surface area contributed by atoms with Crippen molar-refractivity contribution >= 4 is 17.7 Å². The van der Waals surface area contributed by atoms with Crippen molar-refractivity contribution in [1.82, 2.24) is 5.32 Å². The molecule has 2 atom stereocenters. The van der Waals surface area contributed by atoms with Crippen LogP contribution < -0.4 is 11.1 Å². The third-order valence-electron chi connectivity index (χ3n) is 2.90. The zero-order valence-electron chi connectivity index (χ0n) is 12.4. The lowest BCUT2D eigenvalue weighted by Gasteiger charge is -2.15. The van der Waals surface area contributed by atoms with Gasteiger partial charge in [0.05, 0.1) is 5.75 Å². The number of hydrogen-bond donors (Lipinski definition) is 2. The van der Waals surface area contributed by atoms with Crippen molar-refractivity contribution in [3.63, 3.8) is 0 Å². The summed E-state index contributed by atoms with van der Waals surface area (Å²) in [6, 6.07) is 0.293. The molecule has 0 aromatic carbocycles. The molecule has 18 heavy (non-hydrogen) atoms. The number of nitrogens with one attached hydrogen (secondary N) is 1. The highest BCUT2D eigenvalue weighted by Crippen LogP contribution is 2.13. The zero-order chi connectivity index (χ0) is 14.0. The van der Waals surface area contributed by atoms with E-state index in [1.54, 1.807) is 11.8 Å². The fourth-order valence-corrected chi connectivity index (χ4v) is 2.58. The van der Waals surface area contributed by atoms with Crippen molar-refractivity contribution in [1.29, 1.82) is 0 Å². The predicted molar refractivity (Wildman–Crippen MR) is 81.9 cm³/mol. The zero-order valence-corrected chi connectivity index (χ0v) is 13.2. The number of hydrogen-bond acceptors (Lipinski definition) is 3. The second-order valence-corrected chi connectivity index (χ2v) is 6.92.